The minimum atomic E-state index is -0.00658. The zero-order valence-electron chi connectivity index (χ0n) is 12.4. The molecule has 2 N–H and O–H groups in total. The van der Waals surface area contributed by atoms with Crippen LogP contribution in [0.5, 0.6) is 0 Å². The van der Waals surface area contributed by atoms with Crippen LogP contribution in [0.1, 0.15) is 44.9 Å². The molecule has 0 radical (unpaired) electrons. The number of carbonyl (C=O) groups is 1. The normalized spacial score (nSPS) is 23.2. The SMILES string of the molecule is O=C(NCC1CCCN1c1nccs1)NC1CCCCC1. The summed E-state index contributed by atoms with van der Waals surface area (Å²) < 4.78 is 0. The summed E-state index contributed by atoms with van der Waals surface area (Å²) in [4.78, 5) is 18.7. The first kappa shape index (κ1) is 14.6. The molecule has 21 heavy (non-hydrogen) atoms. The molecular formula is C15H24N4OS. The van der Waals surface area contributed by atoms with E-state index in [1.807, 2.05) is 11.6 Å². The van der Waals surface area contributed by atoms with Crippen LogP contribution < -0.4 is 15.5 Å². The van der Waals surface area contributed by atoms with Gasteiger partial charge in [-0.1, -0.05) is 19.3 Å². The van der Waals surface area contributed by atoms with Crippen molar-refractivity contribution in [1.82, 2.24) is 15.6 Å². The van der Waals surface area contributed by atoms with E-state index in [0.717, 1.165) is 30.9 Å². The highest BCUT2D eigenvalue weighted by Gasteiger charge is 2.26. The number of rotatable bonds is 4. The molecule has 1 aliphatic heterocycles. The first-order valence-corrected chi connectivity index (χ1v) is 8.91. The molecule has 1 unspecified atom stereocenters. The number of amides is 2. The molecule has 1 atom stereocenters. The maximum atomic E-state index is 12.0. The van der Waals surface area contributed by atoms with Crippen LogP contribution in [0.3, 0.4) is 0 Å². The van der Waals surface area contributed by atoms with Gasteiger partial charge in [0.2, 0.25) is 0 Å². The standard InChI is InChI=1S/C15H24N4OS/c20-14(18-12-5-2-1-3-6-12)17-11-13-7-4-9-19(13)15-16-8-10-21-15/h8,10,12-13H,1-7,9,11H2,(H2,17,18,20). The maximum absolute atomic E-state index is 12.0. The van der Waals surface area contributed by atoms with Gasteiger partial charge in [0.1, 0.15) is 0 Å². The Morgan fingerprint density at radius 3 is 2.90 bits per heavy atom. The average Bonchev–Trinajstić information content (AvgIpc) is 3.17. The molecule has 1 saturated carbocycles. The molecule has 116 valence electrons. The Hall–Kier alpha value is -1.30. The van der Waals surface area contributed by atoms with Crippen molar-refractivity contribution in [1.29, 1.82) is 0 Å². The second kappa shape index (κ2) is 7.11. The maximum Gasteiger partial charge on any atom is 0.315 e. The van der Waals surface area contributed by atoms with E-state index >= 15 is 0 Å². The fourth-order valence-corrected chi connectivity index (χ4v) is 4.09. The molecular weight excluding hydrogens is 284 g/mol. The van der Waals surface area contributed by atoms with Crippen molar-refractivity contribution in [3.05, 3.63) is 11.6 Å². The number of nitrogens with zero attached hydrogens (tertiary/aromatic N) is 2. The van der Waals surface area contributed by atoms with E-state index in [9.17, 15) is 4.79 Å². The van der Waals surface area contributed by atoms with E-state index < -0.39 is 0 Å². The molecule has 1 aromatic heterocycles. The van der Waals surface area contributed by atoms with Crippen molar-refractivity contribution in [2.24, 2.45) is 0 Å². The molecule has 2 amide bonds. The Morgan fingerprint density at radius 2 is 2.14 bits per heavy atom. The van der Waals surface area contributed by atoms with Crippen molar-refractivity contribution in [2.45, 2.75) is 57.0 Å². The minimum Gasteiger partial charge on any atom is -0.343 e. The largest absolute Gasteiger partial charge is 0.343 e. The van der Waals surface area contributed by atoms with Gasteiger partial charge in [0.05, 0.1) is 0 Å². The van der Waals surface area contributed by atoms with Crippen molar-refractivity contribution in [2.75, 3.05) is 18.0 Å². The summed E-state index contributed by atoms with van der Waals surface area (Å²) >= 11 is 1.67. The van der Waals surface area contributed by atoms with E-state index in [1.54, 1.807) is 11.3 Å². The van der Waals surface area contributed by atoms with Crippen molar-refractivity contribution in [3.63, 3.8) is 0 Å². The lowest BCUT2D eigenvalue weighted by Crippen LogP contribution is -2.47. The van der Waals surface area contributed by atoms with E-state index in [1.165, 1.54) is 25.7 Å². The van der Waals surface area contributed by atoms with Crippen LogP contribution in [0.2, 0.25) is 0 Å². The summed E-state index contributed by atoms with van der Waals surface area (Å²) in [5, 5.41) is 9.24. The molecule has 6 heteroatoms. The molecule has 5 nitrogen and oxygen atoms in total. The molecule has 0 spiro atoms. The van der Waals surface area contributed by atoms with Gasteiger partial charge in [0.25, 0.3) is 0 Å². The number of aromatic nitrogens is 1. The van der Waals surface area contributed by atoms with Crippen LogP contribution in [-0.4, -0.2) is 36.2 Å². The molecule has 0 bridgehead atoms. The number of urea groups is 1. The van der Waals surface area contributed by atoms with Gasteiger partial charge in [-0.25, -0.2) is 9.78 Å². The average molecular weight is 308 g/mol. The van der Waals surface area contributed by atoms with Gasteiger partial charge >= 0.3 is 6.03 Å². The van der Waals surface area contributed by atoms with Crippen LogP contribution in [0.4, 0.5) is 9.93 Å². The predicted octanol–water partition coefficient (Wildman–Crippen LogP) is 2.74. The monoisotopic (exact) mass is 308 g/mol. The number of nitrogens with one attached hydrogen (secondary N) is 2. The summed E-state index contributed by atoms with van der Waals surface area (Å²) in [7, 11) is 0. The topological polar surface area (TPSA) is 57.3 Å². The van der Waals surface area contributed by atoms with Gasteiger partial charge in [-0.05, 0) is 25.7 Å². The Kier molecular flexibility index (Phi) is 4.95. The van der Waals surface area contributed by atoms with Crippen molar-refractivity contribution < 1.29 is 4.79 Å². The Bertz CT molecular complexity index is 445. The van der Waals surface area contributed by atoms with Gasteiger partial charge in [-0.15, -0.1) is 11.3 Å². The summed E-state index contributed by atoms with van der Waals surface area (Å²) in [6.45, 7) is 1.75. The smallest absolute Gasteiger partial charge is 0.315 e. The van der Waals surface area contributed by atoms with Gasteiger partial charge in [-0.3, -0.25) is 0 Å². The van der Waals surface area contributed by atoms with E-state index in [4.69, 9.17) is 0 Å². The number of hydrogen-bond acceptors (Lipinski definition) is 4. The first-order valence-electron chi connectivity index (χ1n) is 8.03. The van der Waals surface area contributed by atoms with Crippen molar-refractivity contribution in [3.8, 4) is 0 Å². The van der Waals surface area contributed by atoms with Crippen molar-refractivity contribution >= 4 is 22.5 Å². The quantitative estimate of drug-likeness (QED) is 0.899. The highest BCUT2D eigenvalue weighted by atomic mass is 32.1. The summed E-state index contributed by atoms with van der Waals surface area (Å²) in [5.74, 6) is 0. The van der Waals surface area contributed by atoms with Crippen LogP contribution in [0.15, 0.2) is 11.6 Å². The Labute approximate surface area is 130 Å². The third-order valence-electron chi connectivity index (χ3n) is 4.48. The highest BCUT2D eigenvalue weighted by molar-refractivity contribution is 7.13. The molecule has 2 aliphatic rings. The summed E-state index contributed by atoms with van der Waals surface area (Å²) in [6.07, 6.45) is 10.2. The summed E-state index contributed by atoms with van der Waals surface area (Å²) in [5.41, 5.74) is 0. The van der Waals surface area contributed by atoms with E-state index in [2.05, 4.69) is 20.5 Å². The van der Waals surface area contributed by atoms with Crippen LogP contribution in [0, 0.1) is 0 Å². The Balaban J connectivity index is 1.44. The fourth-order valence-electron chi connectivity index (χ4n) is 3.35. The molecule has 0 aromatic carbocycles. The second-order valence-electron chi connectivity index (χ2n) is 5.99. The lowest BCUT2D eigenvalue weighted by Gasteiger charge is -2.26. The fraction of sp³-hybridized carbons (Fsp3) is 0.733. The zero-order valence-corrected chi connectivity index (χ0v) is 13.2. The number of anilines is 1. The van der Waals surface area contributed by atoms with Gasteiger partial charge in [0.15, 0.2) is 5.13 Å². The van der Waals surface area contributed by atoms with Crippen LogP contribution in [0.25, 0.3) is 0 Å². The number of carbonyl (C=O) groups excluding carboxylic acids is 1. The van der Waals surface area contributed by atoms with Gasteiger partial charge < -0.3 is 15.5 Å². The first-order chi connectivity index (χ1) is 10.3. The predicted molar refractivity (Wildman–Crippen MR) is 85.9 cm³/mol. The third kappa shape index (κ3) is 3.87. The third-order valence-corrected chi connectivity index (χ3v) is 5.29. The highest BCUT2D eigenvalue weighted by Crippen LogP contribution is 2.26. The molecule has 1 aliphatic carbocycles. The van der Waals surface area contributed by atoms with E-state index in [-0.39, 0.29) is 6.03 Å². The van der Waals surface area contributed by atoms with Crippen LogP contribution in [-0.2, 0) is 0 Å². The molecule has 1 aromatic rings. The molecule has 2 fully saturated rings. The molecule has 2 heterocycles. The summed E-state index contributed by atoms with van der Waals surface area (Å²) in [6, 6.07) is 0.749. The molecule has 1 saturated heterocycles. The minimum absolute atomic E-state index is 0.00658. The van der Waals surface area contributed by atoms with Crippen LogP contribution >= 0.6 is 11.3 Å². The van der Waals surface area contributed by atoms with E-state index in [0.29, 0.717) is 18.6 Å². The second-order valence-corrected chi connectivity index (χ2v) is 6.87. The number of hydrogen-bond donors (Lipinski definition) is 2. The molecule has 3 rings (SSSR count). The Morgan fingerprint density at radius 1 is 1.29 bits per heavy atom. The zero-order chi connectivity index (χ0) is 14.5. The van der Waals surface area contributed by atoms with Gasteiger partial charge in [0, 0.05) is 36.8 Å². The van der Waals surface area contributed by atoms with Gasteiger partial charge in [-0.2, -0.15) is 0 Å². The lowest BCUT2D eigenvalue weighted by atomic mass is 9.96. The lowest BCUT2D eigenvalue weighted by molar-refractivity contribution is 0.232. The number of thiazole rings is 1.